The van der Waals surface area contributed by atoms with Gasteiger partial charge in [-0.3, -0.25) is 15.2 Å². The lowest BCUT2D eigenvalue weighted by molar-refractivity contribution is 0.229. The molecule has 3 rings (SSSR count). The van der Waals surface area contributed by atoms with Crippen molar-refractivity contribution in [3.8, 4) is 5.69 Å². The predicted molar refractivity (Wildman–Crippen MR) is 76.9 cm³/mol. The van der Waals surface area contributed by atoms with E-state index in [1.807, 2.05) is 30.3 Å². The zero-order chi connectivity index (χ0) is 13.8. The largest absolute Gasteiger partial charge is 0.328 e. The number of nitrogens with zero attached hydrogens (tertiary/aromatic N) is 4. The van der Waals surface area contributed by atoms with Gasteiger partial charge in [0.15, 0.2) is 0 Å². The summed E-state index contributed by atoms with van der Waals surface area (Å²) in [4.78, 5) is 17.6. The number of urea groups is 1. The highest BCUT2D eigenvalue weighted by Gasteiger charge is 2.14. The number of amides is 2. The number of benzene rings is 1. The third kappa shape index (κ3) is 2.44. The molecule has 100 valence electrons. The summed E-state index contributed by atoms with van der Waals surface area (Å²) < 4.78 is 1.68. The van der Waals surface area contributed by atoms with Gasteiger partial charge in [0, 0.05) is 18.5 Å². The van der Waals surface area contributed by atoms with E-state index < -0.39 is 0 Å². The van der Waals surface area contributed by atoms with Crippen LogP contribution < -0.4 is 5.32 Å². The van der Waals surface area contributed by atoms with Gasteiger partial charge in [-0.2, -0.15) is 5.10 Å². The quantitative estimate of drug-likeness (QED) is 0.907. The Morgan fingerprint density at radius 3 is 2.80 bits per heavy atom. The lowest BCUT2D eigenvalue weighted by Crippen LogP contribution is -2.32. The second-order valence-corrected chi connectivity index (χ2v) is 4.18. The fourth-order valence-corrected chi connectivity index (χ4v) is 1.87. The Balaban J connectivity index is 1.79. The number of allylic oxidation sites excluding steroid dienone is 1. The predicted octanol–water partition coefficient (Wildman–Crippen LogP) is 2.26. The van der Waals surface area contributed by atoms with Gasteiger partial charge in [-0.25, -0.2) is 9.48 Å². The average molecular weight is 267 g/mol. The summed E-state index contributed by atoms with van der Waals surface area (Å²) in [6, 6.07) is 11.1. The molecular formula is C14H13N5O. The molecule has 0 radical (unpaired) electrons. The van der Waals surface area contributed by atoms with Crippen molar-refractivity contribution in [3.63, 3.8) is 0 Å². The van der Waals surface area contributed by atoms with Crippen molar-refractivity contribution in [2.24, 2.45) is 4.99 Å². The summed E-state index contributed by atoms with van der Waals surface area (Å²) >= 11 is 0. The Labute approximate surface area is 116 Å². The van der Waals surface area contributed by atoms with E-state index in [1.165, 1.54) is 4.90 Å². The maximum atomic E-state index is 12.1. The molecule has 1 aliphatic heterocycles. The highest BCUT2D eigenvalue weighted by Crippen LogP contribution is 2.15. The summed E-state index contributed by atoms with van der Waals surface area (Å²) in [5.41, 5.74) is 0.889. The van der Waals surface area contributed by atoms with Gasteiger partial charge in [0.1, 0.15) is 12.5 Å². The summed E-state index contributed by atoms with van der Waals surface area (Å²) in [7, 11) is 0. The van der Waals surface area contributed by atoms with E-state index in [4.69, 9.17) is 0 Å². The Bertz CT molecular complexity index is 659. The molecule has 0 bridgehead atoms. The molecule has 2 aromatic rings. The minimum atomic E-state index is -0.240. The first-order valence-electron chi connectivity index (χ1n) is 6.18. The lowest BCUT2D eigenvalue weighted by atomic mass is 10.3. The smallest absolute Gasteiger partial charge is 0.292 e. The van der Waals surface area contributed by atoms with Crippen LogP contribution in [0.25, 0.3) is 5.69 Å². The fourth-order valence-electron chi connectivity index (χ4n) is 1.87. The SMILES string of the molecule is O=C(Nc1ccnn1-c1ccccc1)N1C=CC=NC1. The highest BCUT2D eigenvalue weighted by molar-refractivity contribution is 5.90. The zero-order valence-electron chi connectivity index (χ0n) is 10.7. The number of hydrogen-bond acceptors (Lipinski definition) is 3. The third-order valence-electron chi connectivity index (χ3n) is 2.83. The molecule has 0 spiro atoms. The van der Waals surface area contributed by atoms with Gasteiger partial charge >= 0.3 is 6.03 Å². The highest BCUT2D eigenvalue weighted by atomic mass is 16.2. The van der Waals surface area contributed by atoms with Crippen molar-refractivity contribution in [3.05, 3.63) is 54.9 Å². The Kier molecular flexibility index (Phi) is 3.28. The van der Waals surface area contributed by atoms with Gasteiger partial charge in [0.25, 0.3) is 0 Å². The maximum absolute atomic E-state index is 12.1. The van der Waals surface area contributed by atoms with E-state index in [1.54, 1.807) is 35.4 Å². The van der Waals surface area contributed by atoms with Gasteiger partial charge in [0.2, 0.25) is 0 Å². The molecule has 20 heavy (non-hydrogen) atoms. The van der Waals surface area contributed by atoms with Gasteiger partial charge < -0.3 is 0 Å². The minimum absolute atomic E-state index is 0.240. The van der Waals surface area contributed by atoms with E-state index in [0.717, 1.165) is 5.69 Å². The summed E-state index contributed by atoms with van der Waals surface area (Å²) in [6.45, 7) is 0.321. The van der Waals surface area contributed by atoms with E-state index in [2.05, 4.69) is 15.4 Å². The molecular weight excluding hydrogens is 254 g/mol. The number of carbonyl (C=O) groups excluding carboxylic acids is 1. The molecule has 6 nitrogen and oxygen atoms in total. The Hall–Kier alpha value is -2.89. The minimum Gasteiger partial charge on any atom is -0.292 e. The van der Waals surface area contributed by atoms with Gasteiger partial charge in [0.05, 0.1) is 11.9 Å². The summed E-state index contributed by atoms with van der Waals surface area (Å²) in [6.07, 6.45) is 6.72. The normalized spacial score (nSPS) is 13.5. The van der Waals surface area contributed by atoms with Crippen molar-refractivity contribution in [1.82, 2.24) is 14.7 Å². The molecule has 2 amide bonds. The number of nitrogens with one attached hydrogen (secondary N) is 1. The third-order valence-corrected chi connectivity index (χ3v) is 2.83. The second kappa shape index (κ2) is 5.40. The lowest BCUT2D eigenvalue weighted by Gasteiger charge is -2.18. The Morgan fingerprint density at radius 2 is 2.05 bits per heavy atom. The van der Waals surface area contributed by atoms with Gasteiger partial charge in [-0.1, -0.05) is 18.2 Å². The van der Waals surface area contributed by atoms with E-state index in [9.17, 15) is 4.79 Å². The van der Waals surface area contributed by atoms with Crippen molar-refractivity contribution >= 4 is 18.1 Å². The summed E-state index contributed by atoms with van der Waals surface area (Å²) in [5, 5.41) is 7.04. The number of aliphatic imine (C=N–C) groups is 1. The maximum Gasteiger partial charge on any atom is 0.328 e. The molecule has 0 atom stereocenters. The van der Waals surface area contributed by atoms with Crippen LogP contribution in [0.4, 0.5) is 10.6 Å². The van der Waals surface area contributed by atoms with E-state index in [0.29, 0.717) is 12.5 Å². The number of carbonyl (C=O) groups is 1. The zero-order valence-corrected chi connectivity index (χ0v) is 10.7. The van der Waals surface area contributed by atoms with Crippen molar-refractivity contribution in [2.45, 2.75) is 0 Å². The first-order chi connectivity index (χ1) is 9.84. The van der Waals surface area contributed by atoms with Crippen LogP contribution in [0.2, 0.25) is 0 Å². The van der Waals surface area contributed by atoms with Crippen LogP contribution in [0.3, 0.4) is 0 Å². The number of anilines is 1. The van der Waals surface area contributed by atoms with Crippen LogP contribution in [-0.4, -0.2) is 33.6 Å². The molecule has 1 aliphatic rings. The molecule has 0 fully saturated rings. The van der Waals surface area contributed by atoms with Gasteiger partial charge in [-0.05, 0) is 18.2 Å². The Morgan fingerprint density at radius 1 is 1.20 bits per heavy atom. The molecule has 0 saturated heterocycles. The molecule has 1 N–H and O–H groups in total. The number of aromatic nitrogens is 2. The van der Waals surface area contributed by atoms with E-state index >= 15 is 0 Å². The number of hydrogen-bond donors (Lipinski definition) is 1. The fraction of sp³-hybridized carbons (Fsp3) is 0.0714. The summed E-state index contributed by atoms with van der Waals surface area (Å²) in [5.74, 6) is 0.615. The molecule has 2 heterocycles. The first kappa shape index (κ1) is 12.2. The monoisotopic (exact) mass is 267 g/mol. The molecule has 1 aromatic carbocycles. The van der Waals surface area contributed by atoms with Crippen molar-refractivity contribution in [2.75, 3.05) is 12.0 Å². The van der Waals surface area contributed by atoms with Crippen molar-refractivity contribution < 1.29 is 4.79 Å². The molecule has 6 heteroatoms. The molecule has 0 aliphatic carbocycles. The second-order valence-electron chi connectivity index (χ2n) is 4.18. The van der Waals surface area contributed by atoms with Crippen LogP contribution in [0.15, 0.2) is 59.9 Å². The van der Waals surface area contributed by atoms with Crippen LogP contribution in [-0.2, 0) is 0 Å². The van der Waals surface area contributed by atoms with Gasteiger partial charge in [-0.15, -0.1) is 0 Å². The molecule has 0 unspecified atom stereocenters. The van der Waals surface area contributed by atoms with Crippen LogP contribution in [0.5, 0.6) is 0 Å². The van der Waals surface area contributed by atoms with Crippen LogP contribution >= 0.6 is 0 Å². The van der Waals surface area contributed by atoms with Crippen LogP contribution in [0, 0.1) is 0 Å². The topological polar surface area (TPSA) is 62.5 Å². The standard InChI is InChI=1S/C14H13N5O/c20-14(18-10-4-8-15-11-18)17-13-7-9-16-19(13)12-5-2-1-3-6-12/h1-10H,11H2,(H,17,20). The first-order valence-corrected chi connectivity index (χ1v) is 6.18. The van der Waals surface area contributed by atoms with E-state index in [-0.39, 0.29) is 6.03 Å². The molecule has 1 aromatic heterocycles. The molecule has 0 saturated carbocycles. The average Bonchev–Trinajstić information content (AvgIpc) is 2.97. The van der Waals surface area contributed by atoms with Crippen LogP contribution in [0.1, 0.15) is 0 Å². The number of para-hydroxylation sites is 1. The van der Waals surface area contributed by atoms with Crippen molar-refractivity contribution in [1.29, 1.82) is 0 Å². The number of rotatable bonds is 2.